The van der Waals surface area contributed by atoms with E-state index in [9.17, 15) is 0 Å². The molecule has 3 nitrogen and oxygen atoms in total. The molecule has 0 amide bonds. The molecular formula is C92H150BN3. The van der Waals surface area contributed by atoms with Crippen molar-refractivity contribution < 1.29 is 0 Å². The summed E-state index contributed by atoms with van der Waals surface area (Å²) >= 11 is 0. The largest absolute Gasteiger partial charge is 0.295 e. The first kappa shape index (κ1) is 65.5. The van der Waals surface area contributed by atoms with E-state index >= 15 is 0 Å². The minimum absolute atomic E-state index is 0.444. The van der Waals surface area contributed by atoms with Crippen molar-refractivity contribution in [2.75, 3.05) is 0 Å². The van der Waals surface area contributed by atoms with Crippen LogP contribution < -0.4 is 0 Å². The monoisotopic (exact) mass is 1310 g/mol. The van der Waals surface area contributed by atoms with Crippen LogP contribution in [0.2, 0.25) is 17.5 Å². The molecule has 27 atom stereocenters. The van der Waals surface area contributed by atoms with Gasteiger partial charge in [-0.2, -0.15) is 0 Å². The van der Waals surface area contributed by atoms with Gasteiger partial charge in [-0.25, -0.2) is 0 Å². The molecule has 3 heterocycles. The molecule has 20 rings (SSSR count). The van der Waals surface area contributed by atoms with Crippen molar-refractivity contribution in [1.29, 1.82) is 0 Å². The molecule has 536 valence electrons. The average Bonchev–Trinajstić information content (AvgIpc) is 0.616. The summed E-state index contributed by atoms with van der Waals surface area (Å²) in [6.07, 6.45) is 78.1. The van der Waals surface area contributed by atoms with Gasteiger partial charge in [-0.15, -0.1) is 0 Å². The second-order valence-electron chi connectivity index (χ2n) is 44.6. The van der Waals surface area contributed by atoms with Gasteiger partial charge < -0.3 is 0 Å². The molecule has 17 aliphatic carbocycles. The van der Waals surface area contributed by atoms with Gasteiger partial charge in [-0.1, -0.05) is 228 Å². The maximum atomic E-state index is 3.98. The number of piperidine rings is 2. The van der Waals surface area contributed by atoms with E-state index in [1.165, 1.54) is 32.1 Å². The maximum Gasteiger partial charge on any atom is 0.156 e. The number of likely N-dealkylation sites (tertiary alicyclic amines) is 1. The second-order valence-corrected chi connectivity index (χ2v) is 44.6. The van der Waals surface area contributed by atoms with Crippen molar-refractivity contribution >= 4 is 6.71 Å². The van der Waals surface area contributed by atoms with Crippen molar-refractivity contribution in [1.82, 2.24) is 14.7 Å². The highest BCUT2D eigenvalue weighted by molar-refractivity contribution is 6.65. The van der Waals surface area contributed by atoms with Gasteiger partial charge in [0, 0.05) is 59.8 Å². The van der Waals surface area contributed by atoms with Crippen LogP contribution in [0.3, 0.4) is 0 Å². The summed E-state index contributed by atoms with van der Waals surface area (Å²) in [5.41, 5.74) is 1.72. The van der Waals surface area contributed by atoms with Crippen LogP contribution in [-0.4, -0.2) is 75.8 Å². The molecule has 0 radical (unpaired) electrons. The first-order valence-electron chi connectivity index (χ1n) is 46.2. The zero-order chi connectivity index (χ0) is 64.1. The van der Waals surface area contributed by atoms with Crippen LogP contribution in [0.5, 0.6) is 0 Å². The molecule has 4 heteroatoms. The minimum atomic E-state index is 0.444. The first-order valence-corrected chi connectivity index (χ1v) is 46.2. The summed E-state index contributed by atoms with van der Waals surface area (Å²) in [5.74, 6) is 25.3. The summed E-state index contributed by atoms with van der Waals surface area (Å²) in [7, 11) is 0. The maximum absolute atomic E-state index is 3.98. The molecule has 3 aliphatic heterocycles. The smallest absolute Gasteiger partial charge is 0.156 e. The van der Waals surface area contributed by atoms with E-state index in [1.54, 1.807) is 283 Å². The first-order chi connectivity index (χ1) is 46.9. The molecular weight excluding hydrogens is 1160 g/mol. The van der Waals surface area contributed by atoms with Crippen LogP contribution in [0, 0.1) is 146 Å². The standard InChI is InChI=1S/C92H150BN3/c1-90(2,3)66-44-63-38-39-64-45-67(91(4,5)6)51-76-75(47-65(46-66)85(63)86(64)76)62-41-43-80-78(49-62)93-77-48-61(56-24-12-7-13-25-56)40-42-79(77)95(88-71(57-26-14-8-15-27-57)34-22-35-72(88)58-28-16-9-17-29-58)81-54-70(94-83-52-68-50-69-53-84(94)92(68,69)83)55-82(87(81)93)96(80)89-73(59-30-18-10-19-31-59)36-23-37-74(89)60-32-20-11-21-33-60/h56-89H,7-55H2,1-6H3. The fourth-order valence-corrected chi connectivity index (χ4v) is 36.3. The Morgan fingerprint density at radius 2 is 0.677 bits per heavy atom. The Hall–Kier alpha value is -0.0551. The molecule has 27 unspecified atom stereocenters. The fourth-order valence-electron chi connectivity index (χ4n) is 36.3. The Labute approximate surface area is 592 Å². The Bertz CT molecular complexity index is 2610. The van der Waals surface area contributed by atoms with Crippen molar-refractivity contribution in [3.63, 3.8) is 0 Å². The summed E-state index contributed by atoms with van der Waals surface area (Å²) in [6, 6.07) is 8.08. The van der Waals surface area contributed by atoms with Gasteiger partial charge >= 0.3 is 0 Å². The van der Waals surface area contributed by atoms with Gasteiger partial charge in [0.25, 0.3) is 0 Å². The Morgan fingerprint density at radius 3 is 1.14 bits per heavy atom. The van der Waals surface area contributed by atoms with E-state index in [0.29, 0.717) is 10.8 Å². The summed E-state index contributed by atoms with van der Waals surface area (Å²) in [5, 5.41) is 0. The fraction of sp³-hybridized carbons (Fsp3) is 1.00. The Morgan fingerprint density at radius 1 is 0.271 bits per heavy atom. The van der Waals surface area contributed by atoms with Crippen molar-refractivity contribution in [2.24, 2.45) is 146 Å². The van der Waals surface area contributed by atoms with E-state index in [-0.39, 0.29) is 0 Å². The molecule has 1 spiro atoms. The van der Waals surface area contributed by atoms with Crippen LogP contribution in [0.15, 0.2) is 0 Å². The third kappa shape index (κ3) is 10.4. The second kappa shape index (κ2) is 25.6. The molecule has 0 aromatic heterocycles. The van der Waals surface area contributed by atoms with Gasteiger partial charge in [-0.3, -0.25) is 14.7 Å². The number of hydrogen-bond acceptors (Lipinski definition) is 3. The molecule has 20 fully saturated rings. The SMILES string of the molecule is CC(C)(C)C1CC2CCC3CC(C(C)(C)C)CC4C(C5CCC6C(C5)B5C7CC(C8CCCCC8)CCC7N(C7C(C8CCCCC8)CCCC7C7CCCCC7)C7CC(N8C9CC%10CC%11CC8C%10%119)CC(C57)N6C5C(C6CCCCC6)CCCC5C5CCCCC5)CC(C1)C2C34. The van der Waals surface area contributed by atoms with Crippen LogP contribution in [0.25, 0.3) is 0 Å². The molecule has 0 bridgehead atoms. The summed E-state index contributed by atoms with van der Waals surface area (Å²) in [6.45, 7) is 17.3. The van der Waals surface area contributed by atoms with E-state index < -0.39 is 0 Å². The number of hydrogen-bond donors (Lipinski definition) is 0. The zero-order valence-electron chi connectivity index (χ0n) is 63.7. The van der Waals surface area contributed by atoms with Crippen LogP contribution >= 0.6 is 0 Å². The highest BCUT2D eigenvalue weighted by atomic mass is 15.4. The predicted molar refractivity (Wildman–Crippen MR) is 401 cm³/mol. The van der Waals surface area contributed by atoms with E-state index in [4.69, 9.17) is 0 Å². The minimum Gasteiger partial charge on any atom is -0.295 e. The van der Waals surface area contributed by atoms with Gasteiger partial charge in [0.2, 0.25) is 0 Å². The number of rotatable bonds is 9. The van der Waals surface area contributed by atoms with Crippen molar-refractivity contribution in [3.8, 4) is 0 Å². The lowest BCUT2D eigenvalue weighted by Gasteiger charge is -2.90. The molecule has 0 aromatic carbocycles. The van der Waals surface area contributed by atoms with Crippen molar-refractivity contribution in [2.45, 2.75) is 428 Å². The molecule has 3 saturated heterocycles. The molecule has 96 heavy (non-hydrogen) atoms. The lowest BCUT2D eigenvalue weighted by Crippen LogP contribution is -2.94. The van der Waals surface area contributed by atoms with Crippen LogP contribution in [0.4, 0.5) is 0 Å². The van der Waals surface area contributed by atoms with Crippen LogP contribution in [0.1, 0.15) is 356 Å². The highest BCUT2D eigenvalue weighted by Crippen LogP contribution is 2.83. The molecule has 17 saturated carbocycles. The molecule has 20 aliphatic rings. The highest BCUT2D eigenvalue weighted by Gasteiger charge is 2.85. The summed E-state index contributed by atoms with van der Waals surface area (Å²) in [4.78, 5) is 11.5. The predicted octanol–water partition coefficient (Wildman–Crippen LogP) is 23.8. The third-order valence-corrected chi connectivity index (χ3v) is 39.9. The van der Waals surface area contributed by atoms with Crippen molar-refractivity contribution in [3.05, 3.63) is 0 Å². The zero-order valence-corrected chi connectivity index (χ0v) is 63.7. The van der Waals surface area contributed by atoms with Gasteiger partial charge in [0.05, 0.1) is 0 Å². The quantitative estimate of drug-likeness (QED) is 0.213. The van der Waals surface area contributed by atoms with E-state index in [0.717, 1.165) is 214 Å². The van der Waals surface area contributed by atoms with Gasteiger partial charge in [0.15, 0.2) is 6.71 Å². The summed E-state index contributed by atoms with van der Waals surface area (Å²) < 4.78 is 0. The lowest BCUT2D eigenvalue weighted by atomic mass is 9.17. The van der Waals surface area contributed by atoms with Gasteiger partial charge in [0.1, 0.15) is 0 Å². The number of nitrogens with zero attached hydrogens (tertiary/aromatic N) is 3. The Kier molecular flexibility index (Phi) is 17.5. The average molecular weight is 1310 g/mol. The van der Waals surface area contributed by atoms with Gasteiger partial charge in [-0.05, 0) is 287 Å². The van der Waals surface area contributed by atoms with E-state index in [2.05, 4.69) is 56.2 Å². The van der Waals surface area contributed by atoms with Crippen LogP contribution in [-0.2, 0) is 0 Å². The lowest BCUT2D eigenvalue weighted by molar-refractivity contribution is -0.408. The molecule has 0 N–H and O–H groups in total. The normalized spacial score (nSPS) is 52.9. The number of fused-ring (bicyclic) bond motifs is 4. The topological polar surface area (TPSA) is 9.72 Å². The van der Waals surface area contributed by atoms with E-state index in [1.807, 2.05) is 0 Å². The molecule has 0 aromatic rings. The third-order valence-electron chi connectivity index (χ3n) is 39.9. The Balaban J connectivity index is 0.764.